The summed E-state index contributed by atoms with van der Waals surface area (Å²) >= 11 is 0. The highest BCUT2D eigenvalue weighted by atomic mass is 16.5. The van der Waals surface area contributed by atoms with E-state index in [0.29, 0.717) is 62.2 Å². The Morgan fingerprint density at radius 1 is 0.659 bits per heavy atom. The lowest BCUT2D eigenvalue weighted by Crippen LogP contribution is -2.30. The number of aryl methyl sites for hydroxylation is 1. The largest absolute Gasteiger partial charge is 0.496 e. The molecule has 44 heavy (non-hydrogen) atoms. The van der Waals surface area contributed by atoms with Crippen molar-refractivity contribution in [3.05, 3.63) is 85.9 Å². The Bertz CT molecular complexity index is 1840. The van der Waals surface area contributed by atoms with Crippen molar-refractivity contribution in [2.24, 2.45) is 0 Å². The molecule has 0 aliphatic heterocycles. The summed E-state index contributed by atoms with van der Waals surface area (Å²) < 4.78 is 27.3. The van der Waals surface area contributed by atoms with Crippen LogP contribution in [-0.4, -0.2) is 60.4 Å². The number of nitrogens with one attached hydrogen (secondary N) is 2. The van der Waals surface area contributed by atoms with Crippen LogP contribution in [-0.2, 0) is 13.1 Å². The van der Waals surface area contributed by atoms with E-state index in [2.05, 4.69) is 16.0 Å². The first-order chi connectivity index (χ1) is 21.2. The quantitative estimate of drug-likeness (QED) is 0.225. The first kappa shape index (κ1) is 30.4. The number of fused-ring (bicyclic) bond motifs is 2. The minimum absolute atomic E-state index is 0.214. The maximum Gasteiger partial charge on any atom is 0.258 e. The molecule has 0 amide bonds. The molecule has 230 valence electrons. The molecule has 0 spiro atoms. The van der Waals surface area contributed by atoms with Crippen molar-refractivity contribution in [1.82, 2.24) is 24.8 Å². The van der Waals surface area contributed by atoms with Gasteiger partial charge in [0.1, 0.15) is 17.4 Å². The van der Waals surface area contributed by atoms with Crippen LogP contribution in [0.1, 0.15) is 35.7 Å². The molecule has 2 N–H and O–H groups in total. The number of ether oxygens (including phenoxy) is 5. The minimum atomic E-state index is -0.315. The van der Waals surface area contributed by atoms with Gasteiger partial charge in [-0.3, -0.25) is 14.5 Å². The van der Waals surface area contributed by atoms with Gasteiger partial charge < -0.3 is 33.7 Å². The van der Waals surface area contributed by atoms with E-state index < -0.39 is 0 Å². The van der Waals surface area contributed by atoms with Crippen LogP contribution >= 0.6 is 0 Å². The molecule has 0 radical (unpaired) electrons. The highest BCUT2D eigenvalue weighted by Gasteiger charge is 2.23. The van der Waals surface area contributed by atoms with Crippen LogP contribution in [0.3, 0.4) is 0 Å². The number of H-pyrrole nitrogens is 2. The first-order valence-corrected chi connectivity index (χ1v) is 13.9. The number of hydrogen-bond donors (Lipinski definition) is 2. The molecule has 12 heteroatoms. The van der Waals surface area contributed by atoms with E-state index in [1.807, 2.05) is 30.9 Å². The van der Waals surface area contributed by atoms with Crippen molar-refractivity contribution in [3.63, 3.8) is 0 Å². The van der Waals surface area contributed by atoms with E-state index in [1.54, 1.807) is 31.4 Å². The molecule has 0 unspecified atom stereocenters. The number of nitrogens with zero attached hydrogens (tertiary/aromatic N) is 3. The smallest absolute Gasteiger partial charge is 0.258 e. The summed E-state index contributed by atoms with van der Waals surface area (Å²) in [6.07, 6.45) is 0. The van der Waals surface area contributed by atoms with Gasteiger partial charge in [0, 0.05) is 23.7 Å². The zero-order valence-corrected chi connectivity index (χ0v) is 25.7. The number of benzene rings is 3. The molecule has 0 saturated heterocycles. The number of hydrogen-bond acceptors (Lipinski definition) is 10. The van der Waals surface area contributed by atoms with Crippen LogP contribution in [0.2, 0.25) is 0 Å². The summed E-state index contributed by atoms with van der Waals surface area (Å²) in [5, 5.41) is 0.743. The second kappa shape index (κ2) is 12.6. The van der Waals surface area contributed by atoms with Gasteiger partial charge in [0.15, 0.2) is 23.0 Å². The van der Waals surface area contributed by atoms with E-state index in [-0.39, 0.29) is 30.2 Å². The van der Waals surface area contributed by atoms with Gasteiger partial charge in [-0.2, -0.15) is 0 Å². The molecule has 1 atom stereocenters. The third kappa shape index (κ3) is 5.88. The third-order valence-electron chi connectivity index (χ3n) is 7.61. The van der Waals surface area contributed by atoms with Gasteiger partial charge >= 0.3 is 0 Å². The molecule has 0 saturated carbocycles. The first-order valence-electron chi connectivity index (χ1n) is 13.9. The number of methoxy groups -OCH3 is 5. The van der Waals surface area contributed by atoms with Gasteiger partial charge in [-0.15, -0.1) is 0 Å². The van der Waals surface area contributed by atoms with E-state index in [0.717, 1.165) is 11.1 Å². The molecule has 0 bridgehead atoms. The van der Waals surface area contributed by atoms with Crippen LogP contribution in [0.15, 0.2) is 52.1 Å². The van der Waals surface area contributed by atoms with Gasteiger partial charge in [-0.25, -0.2) is 9.97 Å². The Morgan fingerprint density at radius 3 is 1.52 bits per heavy atom. The van der Waals surface area contributed by atoms with E-state index >= 15 is 0 Å². The van der Waals surface area contributed by atoms with Gasteiger partial charge in [-0.05, 0) is 32.0 Å². The zero-order valence-electron chi connectivity index (χ0n) is 25.7. The Hall–Kier alpha value is -5.10. The van der Waals surface area contributed by atoms with Crippen LogP contribution in [0.5, 0.6) is 28.7 Å². The summed E-state index contributed by atoms with van der Waals surface area (Å²) in [6, 6.07) is 12.3. The Balaban J connectivity index is 1.61. The summed E-state index contributed by atoms with van der Waals surface area (Å²) in [4.78, 5) is 43.8. The van der Waals surface area contributed by atoms with Crippen molar-refractivity contribution in [3.8, 4) is 28.7 Å². The number of aromatic amines is 2. The maximum absolute atomic E-state index is 13.2. The van der Waals surface area contributed by atoms with E-state index in [4.69, 9.17) is 33.7 Å². The van der Waals surface area contributed by atoms with Crippen LogP contribution < -0.4 is 34.8 Å². The molecule has 0 fully saturated rings. The van der Waals surface area contributed by atoms with Crippen LogP contribution in [0, 0.1) is 6.92 Å². The predicted octanol–water partition coefficient (Wildman–Crippen LogP) is 4.27. The zero-order chi connectivity index (χ0) is 31.5. The molecule has 5 aromatic rings. The molecule has 3 aromatic carbocycles. The number of aromatic nitrogens is 4. The monoisotopic (exact) mass is 601 g/mol. The van der Waals surface area contributed by atoms with Crippen LogP contribution in [0.25, 0.3) is 21.8 Å². The fourth-order valence-corrected chi connectivity index (χ4v) is 5.27. The average molecular weight is 602 g/mol. The standard InChI is InChI=1S/C32H35N5O7/c1-17-8-9-24(40-3)19(10-17)18(2)37(15-29-33-22-13-27(43-6)25(41-4)11-20(22)31(38)35-29)16-30-34-23-14-28(44-7)26(42-5)12-21(23)32(39)36-30/h8-14,18H,15-16H2,1-7H3,(H,33,35,38)(H,34,36,39)/t18-/m1/s1. The Kier molecular flexibility index (Phi) is 8.72. The van der Waals surface area contributed by atoms with Crippen molar-refractivity contribution in [2.75, 3.05) is 35.5 Å². The maximum atomic E-state index is 13.2. The van der Waals surface area contributed by atoms with Crippen molar-refractivity contribution >= 4 is 21.8 Å². The van der Waals surface area contributed by atoms with Gasteiger partial charge in [0.25, 0.3) is 11.1 Å². The highest BCUT2D eigenvalue weighted by Crippen LogP contribution is 2.34. The molecule has 12 nitrogen and oxygen atoms in total. The third-order valence-corrected chi connectivity index (χ3v) is 7.61. The fourth-order valence-electron chi connectivity index (χ4n) is 5.27. The summed E-state index contributed by atoms with van der Waals surface area (Å²) in [7, 11) is 7.70. The summed E-state index contributed by atoms with van der Waals surface area (Å²) in [6.45, 7) is 4.46. The SMILES string of the molecule is COc1cc2nc(CN(Cc3nc4cc(OC)c(OC)cc4c(=O)[nH]3)[C@H](C)c3cc(C)ccc3OC)[nH]c(=O)c2cc1OC. The topological polar surface area (TPSA) is 141 Å². The normalized spacial score (nSPS) is 12.0. The van der Waals surface area contributed by atoms with Gasteiger partial charge in [-0.1, -0.05) is 17.7 Å². The fraction of sp³-hybridized carbons (Fsp3) is 0.312. The second-order valence-corrected chi connectivity index (χ2v) is 10.3. The lowest BCUT2D eigenvalue weighted by Gasteiger charge is -2.30. The van der Waals surface area contributed by atoms with Gasteiger partial charge in [0.05, 0.1) is 70.4 Å². The van der Waals surface area contributed by atoms with Crippen molar-refractivity contribution in [2.45, 2.75) is 33.0 Å². The molecule has 2 heterocycles. The predicted molar refractivity (Wildman–Crippen MR) is 166 cm³/mol. The Labute approximate surface area is 253 Å². The minimum Gasteiger partial charge on any atom is -0.496 e. The van der Waals surface area contributed by atoms with E-state index in [1.165, 1.54) is 28.4 Å². The highest BCUT2D eigenvalue weighted by molar-refractivity contribution is 5.82. The summed E-state index contributed by atoms with van der Waals surface area (Å²) in [5.41, 5.74) is 2.27. The Morgan fingerprint density at radius 2 is 1.09 bits per heavy atom. The molecule has 2 aromatic heterocycles. The lowest BCUT2D eigenvalue weighted by molar-refractivity contribution is 0.179. The molecular weight excluding hydrogens is 566 g/mol. The van der Waals surface area contributed by atoms with Crippen molar-refractivity contribution in [1.29, 1.82) is 0 Å². The van der Waals surface area contributed by atoms with Gasteiger partial charge in [0.2, 0.25) is 0 Å². The van der Waals surface area contributed by atoms with Crippen molar-refractivity contribution < 1.29 is 23.7 Å². The lowest BCUT2D eigenvalue weighted by atomic mass is 10.0. The number of rotatable bonds is 11. The molecule has 0 aliphatic carbocycles. The molecule has 5 rings (SSSR count). The molecule has 0 aliphatic rings. The van der Waals surface area contributed by atoms with Crippen LogP contribution in [0.4, 0.5) is 0 Å². The van der Waals surface area contributed by atoms with E-state index in [9.17, 15) is 9.59 Å². The second-order valence-electron chi connectivity index (χ2n) is 10.3. The molecular formula is C32H35N5O7. The average Bonchev–Trinajstić information content (AvgIpc) is 3.02. The summed E-state index contributed by atoms with van der Waals surface area (Å²) in [5.74, 6) is 3.34.